The number of halogens is 2. The molecule has 0 spiro atoms. The first-order valence-corrected chi connectivity index (χ1v) is 13.8. The number of carbonyl (C=O) groups is 1. The van der Waals surface area contributed by atoms with Crippen molar-refractivity contribution in [2.45, 2.75) is 18.9 Å². The zero-order valence-electron chi connectivity index (χ0n) is 22.7. The largest absolute Gasteiger partial charge is 0.379 e. The van der Waals surface area contributed by atoms with Crippen LogP contribution in [-0.2, 0) is 9.53 Å². The van der Waals surface area contributed by atoms with Crippen LogP contribution in [0.15, 0.2) is 42.6 Å². The molecule has 0 bridgehead atoms. The molecule has 2 saturated heterocycles. The summed E-state index contributed by atoms with van der Waals surface area (Å²) >= 11 is 6.14. The summed E-state index contributed by atoms with van der Waals surface area (Å²) in [6.07, 6.45) is 2.88. The molecule has 40 heavy (non-hydrogen) atoms. The molecule has 2 aliphatic rings. The Balaban J connectivity index is 1.34. The molecule has 0 saturated carbocycles. The van der Waals surface area contributed by atoms with Crippen LogP contribution in [0.2, 0.25) is 5.02 Å². The van der Waals surface area contributed by atoms with Crippen LogP contribution >= 0.6 is 11.6 Å². The van der Waals surface area contributed by atoms with Gasteiger partial charge in [-0.1, -0.05) is 11.6 Å². The lowest BCUT2D eigenvalue weighted by atomic mass is 10.1. The average Bonchev–Trinajstić information content (AvgIpc) is 3.49. The van der Waals surface area contributed by atoms with Crippen molar-refractivity contribution in [3.63, 3.8) is 0 Å². The van der Waals surface area contributed by atoms with E-state index in [-0.39, 0.29) is 17.5 Å². The third-order valence-electron chi connectivity index (χ3n) is 7.32. The number of anilines is 4. The van der Waals surface area contributed by atoms with Gasteiger partial charge >= 0.3 is 0 Å². The minimum atomic E-state index is -0.444. The monoisotopic (exact) mass is 568 g/mol. The fourth-order valence-electron chi connectivity index (χ4n) is 4.83. The van der Waals surface area contributed by atoms with Crippen LogP contribution in [0.5, 0.6) is 0 Å². The Morgan fingerprint density at radius 3 is 2.77 bits per heavy atom. The Morgan fingerprint density at radius 1 is 1.18 bits per heavy atom. The summed E-state index contributed by atoms with van der Waals surface area (Å²) in [4.78, 5) is 23.6. The van der Waals surface area contributed by atoms with Crippen molar-refractivity contribution in [1.29, 1.82) is 0 Å². The molecular weight excluding hydrogens is 535 g/mol. The molecule has 4 heterocycles. The van der Waals surface area contributed by atoms with E-state index in [1.165, 1.54) is 18.2 Å². The molecule has 1 amide bonds. The van der Waals surface area contributed by atoms with E-state index in [4.69, 9.17) is 16.3 Å². The zero-order valence-corrected chi connectivity index (χ0v) is 23.5. The highest BCUT2D eigenvalue weighted by Gasteiger charge is 2.25. The molecule has 5 rings (SSSR count). The molecule has 0 aliphatic carbocycles. The van der Waals surface area contributed by atoms with Crippen LogP contribution < -0.4 is 15.5 Å². The van der Waals surface area contributed by atoms with Gasteiger partial charge in [0.1, 0.15) is 11.6 Å². The van der Waals surface area contributed by atoms with Crippen LogP contribution in [0.1, 0.15) is 12.8 Å². The van der Waals surface area contributed by atoms with Gasteiger partial charge in [0.25, 0.3) is 0 Å². The van der Waals surface area contributed by atoms with E-state index in [1.807, 2.05) is 11.9 Å². The predicted octanol–water partition coefficient (Wildman–Crippen LogP) is 3.88. The van der Waals surface area contributed by atoms with Gasteiger partial charge in [0, 0.05) is 81.3 Å². The molecule has 212 valence electrons. The summed E-state index contributed by atoms with van der Waals surface area (Å²) in [5.41, 5.74) is 1.91. The van der Waals surface area contributed by atoms with Crippen LogP contribution in [0.4, 0.5) is 27.4 Å². The number of piperazine rings is 1. The van der Waals surface area contributed by atoms with Crippen molar-refractivity contribution < 1.29 is 13.9 Å². The molecule has 3 aromatic rings. The maximum atomic E-state index is 14.7. The van der Waals surface area contributed by atoms with Gasteiger partial charge < -0.3 is 30.1 Å². The van der Waals surface area contributed by atoms with Gasteiger partial charge in [0.15, 0.2) is 5.82 Å². The lowest BCUT2D eigenvalue weighted by Crippen LogP contribution is -2.45. The first-order chi connectivity index (χ1) is 19.4. The van der Waals surface area contributed by atoms with Gasteiger partial charge in [0.2, 0.25) is 5.91 Å². The van der Waals surface area contributed by atoms with Gasteiger partial charge in [-0.05, 0) is 43.8 Å². The summed E-state index contributed by atoms with van der Waals surface area (Å²) in [7, 11) is 4.05. The smallest absolute Gasteiger partial charge is 0.226 e. The number of hydrogen-bond donors (Lipinski definition) is 2. The molecule has 2 fully saturated rings. The Labute approximate surface area is 238 Å². The maximum absolute atomic E-state index is 14.7. The fraction of sp³-hybridized carbons (Fsp3) is 0.429. The minimum Gasteiger partial charge on any atom is -0.379 e. The van der Waals surface area contributed by atoms with Crippen molar-refractivity contribution in [3.05, 3.63) is 53.4 Å². The van der Waals surface area contributed by atoms with Gasteiger partial charge in [-0.2, -0.15) is 0 Å². The average molecular weight is 569 g/mol. The zero-order chi connectivity index (χ0) is 28.1. The van der Waals surface area contributed by atoms with Gasteiger partial charge in [-0.25, -0.2) is 9.37 Å². The van der Waals surface area contributed by atoms with E-state index >= 15 is 0 Å². The molecule has 12 heteroatoms. The molecule has 1 aromatic carbocycles. The highest BCUT2D eigenvalue weighted by atomic mass is 35.5. The van der Waals surface area contributed by atoms with Crippen molar-refractivity contribution in [2.24, 2.45) is 0 Å². The number of nitrogens with zero attached hydrogens (tertiary/aromatic N) is 6. The normalized spacial score (nSPS) is 18.1. The van der Waals surface area contributed by atoms with Crippen molar-refractivity contribution in [2.75, 3.05) is 75.6 Å². The van der Waals surface area contributed by atoms with Crippen LogP contribution in [0.3, 0.4) is 0 Å². The van der Waals surface area contributed by atoms with E-state index in [0.29, 0.717) is 59.9 Å². The van der Waals surface area contributed by atoms with Crippen molar-refractivity contribution in [3.8, 4) is 11.3 Å². The Morgan fingerprint density at radius 2 is 2.00 bits per heavy atom. The molecule has 2 aliphatic heterocycles. The molecular formula is C28H34ClFN8O2. The molecule has 0 radical (unpaired) electrons. The topological polar surface area (TPSA) is 98.8 Å². The van der Waals surface area contributed by atoms with E-state index in [9.17, 15) is 9.18 Å². The molecule has 2 N–H and O–H groups in total. The lowest BCUT2D eigenvalue weighted by Gasteiger charge is -2.32. The molecule has 1 atom stereocenters. The summed E-state index contributed by atoms with van der Waals surface area (Å²) in [6, 6.07) is 9.77. The summed E-state index contributed by atoms with van der Waals surface area (Å²) < 4.78 is 20.2. The second-order valence-corrected chi connectivity index (χ2v) is 10.7. The first-order valence-electron chi connectivity index (χ1n) is 13.4. The number of aromatic nitrogens is 3. The van der Waals surface area contributed by atoms with Crippen molar-refractivity contribution in [1.82, 2.24) is 25.0 Å². The van der Waals surface area contributed by atoms with E-state index < -0.39 is 5.82 Å². The lowest BCUT2D eigenvalue weighted by molar-refractivity contribution is -0.116. The number of rotatable bonds is 9. The SMILES string of the molecule is CN1CCN(CCC(=O)Nc2cc(Nc3cc(-c4cc(Cl)ccc4F)nnc3N(C)C3CCOC3)ccn2)CC1. The van der Waals surface area contributed by atoms with Crippen LogP contribution in [0.25, 0.3) is 11.3 Å². The van der Waals surface area contributed by atoms with Gasteiger partial charge in [0.05, 0.1) is 24.0 Å². The van der Waals surface area contributed by atoms with Crippen LogP contribution in [0, 0.1) is 5.82 Å². The maximum Gasteiger partial charge on any atom is 0.226 e. The number of carbonyl (C=O) groups excluding carboxylic acids is 1. The highest BCUT2D eigenvalue weighted by molar-refractivity contribution is 6.30. The Kier molecular flexibility index (Phi) is 9.05. The second-order valence-electron chi connectivity index (χ2n) is 10.2. The Hall–Kier alpha value is -3.38. The number of likely N-dealkylation sites (N-methyl/N-ethyl adjacent to an activating group) is 2. The van der Waals surface area contributed by atoms with E-state index in [1.54, 1.807) is 24.4 Å². The fourth-order valence-corrected chi connectivity index (χ4v) is 5.00. The number of pyridine rings is 1. The van der Waals surface area contributed by atoms with Gasteiger partial charge in [-0.15, -0.1) is 10.2 Å². The number of benzene rings is 1. The Bertz CT molecular complexity index is 1330. The molecule has 2 aromatic heterocycles. The van der Waals surface area contributed by atoms with Gasteiger partial charge in [-0.3, -0.25) is 4.79 Å². The van der Waals surface area contributed by atoms with E-state index in [0.717, 1.165) is 32.6 Å². The molecule has 10 nitrogen and oxygen atoms in total. The minimum absolute atomic E-state index is 0.0884. The first kappa shape index (κ1) is 28.2. The summed E-state index contributed by atoms with van der Waals surface area (Å²) in [5.74, 6) is 0.502. The van der Waals surface area contributed by atoms with Crippen molar-refractivity contribution >= 4 is 40.5 Å². The number of nitrogens with one attached hydrogen (secondary N) is 2. The van der Waals surface area contributed by atoms with Crippen LogP contribution in [-0.4, -0.2) is 97.0 Å². The summed E-state index contributed by atoms with van der Waals surface area (Å²) in [6.45, 7) is 5.93. The number of hydrogen-bond acceptors (Lipinski definition) is 9. The molecule has 1 unspecified atom stereocenters. The second kappa shape index (κ2) is 12.9. The predicted molar refractivity (Wildman–Crippen MR) is 155 cm³/mol. The summed E-state index contributed by atoms with van der Waals surface area (Å²) in [5, 5.41) is 15.5. The highest BCUT2D eigenvalue weighted by Crippen LogP contribution is 2.33. The third-order valence-corrected chi connectivity index (χ3v) is 7.56. The standard InChI is InChI=1S/C28H34ClFN8O2/c1-36-10-12-38(13-11-36)9-6-27(39)33-26-16-20(5-8-31-26)32-25-17-24(22-15-19(29)3-4-23(22)30)34-35-28(25)37(2)21-7-14-40-18-21/h3-5,8,15-17,21H,6-7,9-14,18H2,1-2H3,(H2,31,32,33,34,39). The number of amides is 1. The quantitative estimate of drug-likeness (QED) is 0.398. The third kappa shape index (κ3) is 7.03. The number of ether oxygens (including phenoxy) is 1. The van der Waals surface area contributed by atoms with E-state index in [2.05, 4.69) is 42.7 Å².